The summed E-state index contributed by atoms with van der Waals surface area (Å²) in [6, 6.07) is 22.4. The number of anilines is 1. The van der Waals surface area contributed by atoms with Crippen LogP contribution < -0.4 is 5.32 Å². The minimum Gasteiger partial charge on any atom is -0.478 e. The van der Waals surface area contributed by atoms with Crippen molar-refractivity contribution in [3.63, 3.8) is 0 Å². The molecular weight excluding hydrogens is 404 g/mol. The summed E-state index contributed by atoms with van der Waals surface area (Å²) < 4.78 is 0. The number of aromatic amines is 1. The third-order valence-electron chi connectivity index (χ3n) is 6.01. The van der Waals surface area contributed by atoms with Gasteiger partial charge in [-0.25, -0.2) is 4.79 Å². The Balaban J connectivity index is 1.44. The van der Waals surface area contributed by atoms with E-state index >= 15 is 0 Å². The molecule has 6 nitrogen and oxygen atoms in total. The Hall–Kier alpha value is -3.90. The molecule has 3 aromatic carbocycles. The number of benzene rings is 3. The van der Waals surface area contributed by atoms with E-state index in [0.717, 1.165) is 28.8 Å². The maximum absolute atomic E-state index is 12.8. The van der Waals surface area contributed by atoms with E-state index in [2.05, 4.69) is 10.3 Å². The van der Waals surface area contributed by atoms with Crippen LogP contribution in [0.5, 0.6) is 0 Å². The van der Waals surface area contributed by atoms with Crippen LogP contribution in [-0.2, 0) is 11.4 Å². The van der Waals surface area contributed by atoms with Crippen molar-refractivity contribution in [3.05, 3.63) is 89.5 Å². The van der Waals surface area contributed by atoms with Crippen LogP contribution in [0.3, 0.4) is 0 Å². The van der Waals surface area contributed by atoms with Crippen molar-refractivity contribution in [2.24, 2.45) is 5.92 Å². The molecule has 1 saturated carbocycles. The molecule has 0 aliphatic heterocycles. The Morgan fingerprint density at radius 2 is 1.81 bits per heavy atom. The number of rotatable bonds is 6. The maximum Gasteiger partial charge on any atom is 0.336 e. The Bertz CT molecular complexity index is 1330. The second-order valence-corrected chi connectivity index (χ2v) is 8.18. The molecule has 0 saturated heterocycles. The third-order valence-corrected chi connectivity index (χ3v) is 6.01. The SMILES string of the molecule is O=C(O)c1cc(NC(=O)C2CC2c2ccccc2)cc2[nH]c(-c3cccc(CO)c3)cc12. The monoisotopic (exact) mass is 426 g/mol. The molecule has 2 atom stereocenters. The highest BCUT2D eigenvalue weighted by Crippen LogP contribution is 2.48. The molecule has 4 N–H and O–H groups in total. The summed E-state index contributed by atoms with van der Waals surface area (Å²) in [5, 5.41) is 22.6. The Labute approximate surface area is 184 Å². The first-order valence-corrected chi connectivity index (χ1v) is 10.5. The number of carbonyl (C=O) groups is 2. The molecule has 6 heteroatoms. The van der Waals surface area contributed by atoms with Gasteiger partial charge in [-0.1, -0.05) is 48.5 Å². The number of carboxylic acid groups (broad SMARTS) is 1. The van der Waals surface area contributed by atoms with Gasteiger partial charge in [0.2, 0.25) is 5.91 Å². The molecule has 160 valence electrons. The number of hydrogen-bond donors (Lipinski definition) is 4. The van der Waals surface area contributed by atoms with Crippen molar-refractivity contribution in [1.29, 1.82) is 0 Å². The van der Waals surface area contributed by atoms with Gasteiger partial charge in [-0.15, -0.1) is 0 Å². The van der Waals surface area contributed by atoms with E-state index in [0.29, 0.717) is 16.6 Å². The van der Waals surface area contributed by atoms with E-state index in [9.17, 15) is 19.8 Å². The average Bonchev–Trinajstić information content (AvgIpc) is 3.51. The van der Waals surface area contributed by atoms with Crippen molar-refractivity contribution >= 4 is 28.5 Å². The molecule has 2 unspecified atom stereocenters. The van der Waals surface area contributed by atoms with Crippen LogP contribution in [0.2, 0.25) is 0 Å². The first kappa shape index (κ1) is 20.0. The number of fused-ring (bicyclic) bond motifs is 1. The van der Waals surface area contributed by atoms with Crippen molar-refractivity contribution in [2.45, 2.75) is 18.9 Å². The normalized spacial score (nSPS) is 17.3. The number of aromatic carboxylic acids is 1. The molecule has 1 aliphatic rings. The highest BCUT2D eigenvalue weighted by atomic mass is 16.4. The summed E-state index contributed by atoms with van der Waals surface area (Å²) in [5.41, 5.74) is 4.70. The Morgan fingerprint density at radius 3 is 2.56 bits per heavy atom. The van der Waals surface area contributed by atoms with Crippen LogP contribution >= 0.6 is 0 Å². The molecular formula is C26H22N2O4. The lowest BCUT2D eigenvalue weighted by Gasteiger charge is -2.07. The second-order valence-electron chi connectivity index (χ2n) is 8.18. The van der Waals surface area contributed by atoms with Gasteiger partial charge < -0.3 is 20.5 Å². The molecule has 0 radical (unpaired) electrons. The third kappa shape index (κ3) is 3.76. The summed E-state index contributed by atoms with van der Waals surface area (Å²) in [4.78, 5) is 28.0. The number of carbonyl (C=O) groups excluding carboxylic acids is 1. The number of aromatic nitrogens is 1. The van der Waals surface area contributed by atoms with Crippen molar-refractivity contribution < 1.29 is 19.8 Å². The summed E-state index contributed by atoms with van der Waals surface area (Å²) in [6.07, 6.45) is 0.789. The van der Waals surface area contributed by atoms with Crippen LogP contribution in [0.15, 0.2) is 72.8 Å². The molecule has 1 aliphatic carbocycles. The minimum absolute atomic E-state index is 0.0736. The lowest BCUT2D eigenvalue weighted by Crippen LogP contribution is -2.15. The smallest absolute Gasteiger partial charge is 0.336 e. The number of aliphatic hydroxyl groups excluding tert-OH is 1. The van der Waals surface area contributed by atoms with Gasteiger partial charge in [-0.05, 0) is 53.3 Å². The van der Waals surface area contributed by atoms with Gasteiger partial charge in [-0.2, -0.15) is 0 Å². The van der Waals surface area contributed by atoms with Crippen LogP contribution in [-0.4, -0.2) is 27.1 Å². The fraction of sp³-hybridized carbons (Fsp3) is 0.154. The van der Waals surface area contributed by atoms with E-state index < -0.39 is 5.97 Å². The zero-order valence-corrected chi connectivity index (χ0v) is 17.2. The summed E-state index contributed by atoms with van der Waals surface area (Å²) in [6.45, 7) is -0.0736. The zero-order valence-electron chi connectivity index (χ0n) is 17.2. The van der Waals surface area contributed by atoms with E-state index in [1.54, 1.807) is 12.1 Å². The lowest BCUT2D eigenvalue weighted by molar-refractivity contribution is -0.117. The van der Waals surface area contributed by atoms with Crippen molar-refractivity contribution in [3.8, 4) is 11.3 Å². The van der Waals surface area contributed by atoms with Crippen LogP contribution in [0.4, 0.5) is 5.69 Å². The van der Waals surface area contributed by atoms with Crippen LogP contribution in [0.1, 0.15) is 33.8 Å². The average molecular weight is 426 g/mol. The molecule has 32 heavy (non-hydrogen) atoms. The molecule has 1 heterocycles. The largest absolute Gasteiger partial charge is 0.478 e. The van der Waals surface area contributed by atoms with Crippen LogP contribution in [0.25, 0.3) is 22.2 Å². The van der Waals surface area contributed by atoms with E-state index in [1.165, 1.54) is 6.07 Å². The Morgan fingerprint density at radius 1 is 1.00 bits per heavy atom. The number of carboxylic acids is 1. The topological polar surface area (TPSA) is 102 Å². The number of nitrogens with one attached hydrogen (secondary N) is 2. The number of aliphatic hydroxyl groups is 1. The quantitative estimate of drug-likeness (QED) is 0.357. The van der Waals surface area contributed by atoms with Gasteiger partial charge >= 0.3 is 5.97 Å². The standard InChI is InChI=1S/C26H22N2O4/c29-14-15-5-4-8-17(9-15)23-13-20-22(26(31)32)10-18(11-24(20)28-23)27-25(30)21-12-19(21)16-6-2-1-3-7-16/h1-11,13,19,21,28-29H,12,14H2,(H,27,30)(H,31,32). The number of amides is 1. The molecule has 0 bridgehead atoms. The van der Waals surface area contributed by atoms with Gasteiger partial charge in [0, 0.05) is 28.2 Å². The summed E-state index contributed by atoms with van der Waals surface area (Å²) in [7, 11) is 0. The van der Waals surface area contributed by atoms with Crippen molar-refractivity contribution in [1.82, 2.24) is 4.98 Å². The van der Waals surface area contributed by atoms with Gasteiger partial charge in [0.25, 0.3) is 0 Å². The van der Waals surface area contributed by atoms with E-state index in [4.69, 9.17) is 0 Å². The second kappa shape index (κ2) is 7.98. The van der Waals surface area contributed by atoms with Gasteiger partial charge in [0.15, 0.2) is 0 Å². The highest BCUT2D eigenvalue weighted by molar-refractivity contribution is 6.07. The zero-order chi connectivity index (χ0) is 22.2. The fourth-order valence-electron chi connectivity index (χ4n) is 4.27. The molecule has 0 spiro atoms. The fourth-order valence-corrected chi connectivity index (χ4v) is 4.27. The lowest BCUT2D eigenvalue weighted by atomic mass is 10.1. The summed E-state index contributed by atoms with van der Waals surface area (Å²) in [5.74, 6) is -1.07. The van der Waals surface area contributed by atoms with E-state index in [-0.39, 0.29) is 29.9 Å². The molecule has 5 rings (SSSR count). The van der Waals surface area contributed by atoms with Crippen molar-refractivity contribution in [2.75, 3.05) is 5.32 Å². The van der Waals surface area contributed by atoms with Gasteiger partial charge in [0.1, 0.15) is 0 Å². The van der Waals surface area contributed by atoms with E-state index in [1.807, 2.05) is 54.6 Å². The predicted molar refractivity (Wildman–Crippen MR) is 123 cm³/mol. The predicted octanol–water partition coefficient (Wildman–Crippen LogP) is 4.77. The van der Waals surface area contributed by atoms with Gasteiger partial charge in [-0.3, -0.25) is 4.79 Å². The number of H-pyrrole nitrogens is 1. The van der Waals surface area contributed by atoms with Crippen LogP contribution in [0, 0.1) is 5.92 Å². The number of hydrogen-bond acceptors (Lipinski definition) is 3. The molecule has 1 amide bonds. The molecule has 1 fully saturated rings. The first-order valence-electron chi connectivity index (χ1n) is 10.5. The highest BCUT2D eigenvalue weighted by Gasteiger charge is 2.43. The molecule has 1 aromatic heterocycles. The minimum atomic E-state index is -1.06. The maximum atomic E-state index is 12.8. The summed E-state index contributed by atoms with van der Waals surface area (Å²) >= 11 is 0. The first-order chi connectivity index (χ1) is 15.5. The Kier molecular flexibility index (Phi) is 4.99. The molecule has 4 aromatic rings. The van der Waals surface area contributed by atoms with Gasteiger partial charge in [0.05, 0.1) is 12.2 Å².